The smallest absolute Gasteiger partial charge is 0.203 e. The Morgan fingerprint density at radius 3 is 2.00 bits per heavy atom. The zero-order valence-corrected chi connectivity index (χ0v) is 16.8. The number of rotatable bonds is 10. The van der Waals surface area contributed by atoms with E-state index in [-0.39, 0.29) is 6.61 Å². The summed E-state index contributed by atoms with van der Waals surface area (Å²) in [5, 5.41) is 17.6. The highest BCUT2D eigenvalue weighted by atomic mass is 16.5. The Morgan fingerprint density at radius 2 is 1.46 bits per heavy atom. The Morgan fingerprint density at radius 1 is 0.821 bits per heavy atom. The molecule has 2 aromatic carbocycles. The van der Waals surface area contributed by atoms with E-state index in [1.165, 1.54) is 21.3 Å². The van der Waals surface area contributed by atoms with E-state index in [2.05, 4.69) is 10.2 Å². The molecule has 8 nitrogen and oxygen atoms in total. The number of benzene rings is 2. The number of nitrogens with zero attached hydrogens (tertiary/aromatic N) is 2. The van der Waals surface area contributed by atoms with Gasteiger partial charge in [0.05, 0.1) is 40.7 Å². The summed E-state index contributed by atoms with van der Waals surface area (Å²) >= 11 is 0. The van der Waals surface area contributed by atoms with Gasteiger partial charge in [-0.3, -0.25) is 0 Å². The van der Waals surface area contributed by atoms with Gasteiger partial charge in [0, 0.05) is 30.7 Å². The molecule has 0 amide bonds. The van der Waals surface area contributed by atoms with Gasteiger partial charge in [-0.05, 0) is 19.1 Å². The van der Waals surface area contributed by atoms with Gasteiger partial charge in [-0.2, -0.15) is 5.11 Å². The minimum Gasteiger partial charge on any atom is -0.496 e. The molecule has 0 spiro atoms. The third kappa shape index (κ3) is 4.83. The molecular formula is C20H26N2O6. The van der Waals surface area contributed by atoms with Crippen LogP contribution in [0.25, 0.3) is 0 Å². The molecule has 152 valence electrons. The molecule has 28 heavy (non-hydrogen) atoms. The van der Waals surface area contributed by atoms with E-state index in [4.69, 9.17) is 28.8 Å². The van der Waals surface area contributed by atoms with Crippen molar-refractivity contribution in [3.05, 3.63) is 29.8 Å². The molecule has 0 bridgehead atoms. The molecule has 2 aromatic rings. The number of ether oxygens (including phenoxy) is 5. The zero-order valence-electron chi connectivity index (χ0n) is 16.8. The molecule has 8 heteroatoms. The fourth-order valence-electron chi connectivity index (χ4n) is 2.62. The van der Waals surface area contributed by atoms with Gasteiger partial charge >= 0.3 is 0 Å². The van der Waals surface area contributed by atoms with Crippen molar-refractivity contribution in [2.24, 2.45) is 10.2 Å². The Kier molecular flexibility index (Phi) is 7.88. The molecule has 0 aliphatic heterocycles. The first-order valence-electron chi connectivity index (χ1n) is 8.72. The number of azo groups is 1. The maximum absolute atomic E-state index is 9.00. The summed E-state index contributed by atoms with van der Waals surface area (Å²) in [7, 11) is 6.21. The third-order valence-electron chi connectivity index (χ3n) is 4.03. The maximum atomic E-state index is 9.00. The lowest BCUT2D eigenvalue weighted by Crippen LogP contribution is -2.02. The first kappa shape index (κ1) is 21.3. The fourth-order valence-corrected chi connectivity index (χ4v) is 2.62. The van der Waals surface area contributed by atoms with Gasteiger partial charge in [-0.15, -0.1) is 5.11 Å². The van der Waals surface area contributed by atoms with Gasteiger partial charge in [-0.25, -0.2) is 0 Å². The Hall–Kier alpha value is -3.00. The molecule has 0 unspecified atom stereocenters. The van der Waals surface area contributed by atoms with Crippen LogP contribution in [0.4, 0.5) is 11.4 Å². The predicted molar refractivity (Wildman–Crippen MR) is 105 cm³/mol. The van der Waals surface area contributed by atoms with Crippen molar-refractivity contribution in [2.75, 3.05) is 41.7 Å². The van der Waals surface area contributed by atoms with Crippen LogP contribution in [0.3, 0.4) is 0 Å². The SMILES string of the molecule is COc1ccc(N=Nc2cc(OC)c(OC)c(OC)c2)c(OCCCO)c1C. The van der Waals surface area contributed by atoms with Crippen molar-refractivity contribution in [2.45, 2.75) is 13.3 Å². The summed E-state index contributed by atoms with van der Waals surface area (Å²) in [5.74, 6) is 2.70. The number of methoxy groups -OCH3 is 4. The van der Waals surface area contributed by atoms with Crippen LogP contribution in [-0.2, 0) is 0 Å². The molecule has 1 N–H and O–H groups in total. The maximum Gasteiger partial charge on any atom is 0.203 e. The van der Waals surface area contributed by atoms with E-state index in [1.54, 1.807) is 31.4 Å². The molecule has 0 radical (unpaired) electrons. The van der Waals surface area contributed by atoms with Gasteiger partial charge in [0.25, 0.3) is 0 Å². The molecule has 2 rings (SSSR count). The normalized spacial score (nSPS) is 10.8. The van der Waals surface area contributed by atoms with Gasteiger partial charge in [-0.1, -0.05) is 0 Å². The molecule has 0 atom stereocenters. The standard InChI is InChI=1S/C20H26N2O6/c1-13-16(24-2)8-7-15(19(13)28-10-6-9-23)22-21-14-11-17(25-3)20(27-5)18(12-14)26-4/h7-8,11-12,23H,6,9-10H2,1-5H3. The molecular weight excluding hydrogens is 364 g/mol. The largest absolute Gasteiger partial charge is 0.496 e. The summed E-state index contributed by atoms with van der Waals surface area (Å²) in [5.41, 5.74) is 1.89. The third-order valence-corrected chi connectivity index (χ3v) is 4.03. The summed E-state index contributed by atoms with van der Waals surface area (Å²) in [6.07, 6.45) is 0.514. The van der Waals surface area contributed by atoms with Gasteiger partial charge in [0.2, 0.25) is 5.75 Å². The van der Waals surface area contributed by atoms with Crippen LogP contribution in [0, 0.1) is 6.92 Å². The molecule has 0 saturated heterocycles. The molecule has 0 fully saturated rings. The van der Waals surface area contributed by atoms with Gasteiger partial charge in [0.15, 0.2) is 17.2 Å². The first-order chi connectivity index (χ1) is 13.6. The lowest BCUT2D eigenvalue weighted by molar-refractivity contribution is 0.232. The Labute approximate surface area is 164 Å². The minimum absolute atomic E-state index is 0.0469. The molecule has 0 aliphatic rings. The van der Waals surface area contributed by atoms with E-state index < -0.39 is 0 Å². The molecule has 0 heterocycles. The lowest BCUT2D eigenvalue weighted by atomic mass is 10.1. The number of hydrogen-bond acceptors (Lipinski definition) is 8. The number of aliphatic hydroxyl groups excluding tert-OH is 1. The van der Waals surface area contributed by atoms with Crippen LogP contribution in [0.15, 0.2) is 34.5 Å². The lowest BCUT2D eigenvalue weighted by Gasteiger charge is -2.14. The van der Waals surface area contributed by atoms with Gasteiger partial charge in [0.1, 0.15) is 11.4 Å². The number of aliphatic hydroxyl groups is 1. The second-order valence-electron chi connectivity index (χ2n) is 5.75. The van der Waals surface area contributed by atoms with Crippen LogP contribution in [-0.4, -0.2) is 46.8 Å². The van der Waals surface area contributed by atoms with Crippen LogP contribution in [0.1, 0.15) is 12.0 Å². The minimum atomic E-state index is 0.0469. The summed E-state index contributed by atoms with van der Waals surface area (Å²) < 4.78 is 27.1. The van der Waals surface area contributed by atoms with E-state index in [9.17, 15) is 0 Å². The van der Waals surface area contributed by atoms with Crippen molar-refractivity contribution in [1.82, 2.24) is 0 Å². The average Bonchev–Trinajstić information content (AvgIpc) is 2.72. The predicted octanol–water partition coefficient (Wildman–Crippen LogP) is 4.21. The summed E-state index contributed by atoms with van der Waals surface area (Å²) in [6.45, 7) is 2.29. The van der Waals surface area contributed by atoms with Crippen molar-refractivity contribution < 1.29 is 28.8 Å². The summed E-state index contributed by atoms with van der Waals surface area (Å²) in [6, 6.07) is 6.97. The van der Waals surface area contributed by atoms with E-state index in [0.29, 0.717) is 53.2 Å². The topological polar surface area (TPSA) is 91.1 Å². The molecule has 0 aliphatic carbocycles. The van der Waals surface area contributed by atoms with E-state index in [1.807, 2.05) is 6.92 Å². The van der Waals surface area contributed by atoms with Crippen molar-refractivity contribution >= 4 is 11.4 Å². The highest BCUT2D eigenvalue weighted by Gasteiger charge is 2.15. The van der Waals surface area contributed by atoms with Crippen molar-refractivity contribution in [3.63, 3.8) is 0 Å². The van der Waals surface area contributed by atoms with Crippen molar-refractivity contribution in [1.29, 1.82) is 0 Å². The van der Waals surface area contributed by atoms with Crippen LogP contribution in [0.2, 0.25) is 0 Å². The quantitative estimate of drug-likeness (QED) is 0.483. The average molecular weight is 390 g/mol. The zero-order chi connectivity index (χ0) is 20.5. The second-order valence-corrected chi connectivity index (χ2v) is 5.75. The molecule has 0 saturated carbocycles. The highest BCUT2D eigenvalue weighted by Crippen LogP contribution is 2.42. The fraction of sp³-hybridized carbons (Fsp3) is 0.400. The summed E-state index contributed by atoms with van der Waals surface area (Å²) in [4.78, 5) is 0. The van der Waals surface area contributed by atoms with Crippen LogP contribution >= 0.6 is 0 Å². The van der Waals surface area contributed by atoms with E-state index in [0.717, 1.165) is 5.56 Å². The Bertz CT molecular complexity index is 798. The second kappa shape index (κ2) is 10.4. The number of hydrogen-bond donors (Lipinski definition) is 1. The Balaban J connectivity index is 2.41. The van der Waals surface area contributed by atoms with Crippen LogP contribution < -0.4 is 23.7 Å². The van der Waals surface area contributed by atoms with Gasteiger partial charge < -0.3 is 28.8 Å². The van der Waals surface area contributed by atoms with Crippen molar-refractivity contribution in [3.8, 4) is 28.7 Å². The first-order valence-corrected chi connectivity index (χ1v) is 8.72. The van der Waals surface area contributed by atoms with E-state index >= 15 is 0 Å². The van der Waals surface area contributed by atoms with Crippen LogP contribution in [0.5, 0.6) is 28.7 Å². The monoisotopic (exact) mass is 390 g/mol. The highest BCUT2D eigenvalue weighted by molar-refractivity contribution is 5.62. The molecule has 0 aromatic heterocycles.